The third-order valence-electron chi connectivity index (χ3n) is 3.74. The molecule has 1 N–H and O–H groups in total. The van der Waals surface area contributed by atoms with Crippen LogP contribution in [-0.4, -0.2) is 23.9 Å². The Hall–Kier alpha value is -2.86. The predicted octanol–water partition coefficient (Wildman–Crippen LogP) is 3.58. The lowest BCUT2D eigenvalue weighted by molar-refractivity contribution is -0.123. The number of halogens is 2. The molecule has 0 aliphatic carbocycles. The van der Waals surface area contributed by atoms with Crippen molar-refractivity contribution < 1.29 is 18.7 Å². The lowest BCUT2D eigenvalue weighted by Gasteiger charge is -2.12. The smallest absolute Gasteiger partial charge is 0.329 e. The van der Waals surface area contributed by atoms with E-state index in [0.29, 0.717) is 16.3 Å². The molecule has 0 aromatic heterocycles. The van der Waals surface area contributed by atoms with Crippen molar-refractivity contribution in [2.24, 2.45) is 0 Å². The van der Waals surface area contributed by atoms with Crippen molar-refractivity contribution in [3.05, 3.63) is 70.1 Å². The molecule has 3 rings (SSSR count). The molecule has 2 aromatic rings. The molecule has 7 heteroatoms. The van der Waals surface area contributed by atoms with E-state index in [0.717, 1.165) is 4.90 Å². The van der Waals surface area contributed by atoms with Gasteiger partial charge in [-0.05, 0) is 30.3 Å². The fraction of sp³-hybridized carbons (Fsp3) is 0.111. The number of carbonyl (C=O) groups is 2. The second-order valence-corrected chi connectivity index (χ2v) is 5.79. The van der Waals surface area contributed by atoms with Crippen LogP contribution in [0.4, 0.5) is 9.18 Å². The number of hydrogen-bond acceptors (Lipinski definition) is 3. The SMILES string of the molecule is COc1ccc(Cl)cc1C=C1NC(=O)N(Cc2ccccc2F)C1=O. The Morgan fingerprint density at radius 3 is 2.72 bits per heavy atom. The van der Waals surface area contributed by atoms with Gasteiger partial charge >= 0.3 is 6.03 Å². The van der Waals surface area contributed by atoms with E-state index in [9.17, 15) is 14.0 Å². The number of nitrogens with zero attached hydrogens (tertiary/aromatic N) is 1. The standard InChI is InChI=1S/C18H14ClFN2O3/c1-25-16-7-6-13(19)8-12(16)9-15-17(23)22(18(24)21-15)10-11-4-2-3-5-14(11)20/h2-9H,10H2,1H3,(H,21,24). The lowest BCUT2D eigenvalue weighted by Crippen LogP contribution is -2.30. The first-order chi connectivity index (χ1) is 12.0. The third kappa shape index (κ3) is 3.49. The van der Waals surface area contributed by atoms with E-state index in [1.165, 1.54) is 25.3 Å². The number of urea groups is 1. The summed E-state index contributed by atoms with van der Waals surface area (Å²) in [5.41, 5.74) is 0.876. The first-order valence-electron chi connectivity index (χ1n) is 7.41. The molecule has 2 aromatic carbocycles. The topological polar surface area (TPSA) is 58.6 Å². The van der Waals surface area contributed by atoms with Crippen LogP contribution in [-0.2, 0) is 11.3 Å². The summed E-state index contributed by atoms with van der Waals surface area (Å²) in [5, 5.41) is 2.96. The normalized spacial score (nSPS) is 15.6. The summed E-state index contributed by atoms with van der Waals surface area (Å²) in [5.74, 6) is -0.515. The van der Waals surface area contributed by atoms with Crippen molar-refractivity contribution in [1.82, 2.24) is 10.2 Å². The molecule has 128 valence electrons. The van der Waals surface area contributed by atoms with E-state index in [1.807, 2.05) is 0 Å². The van der Waals surface area contributed by atoms with Gasteiger partial charge in [0.15, 0.2) is 0 Å². The summed E-state index contributed by atoms with van der Waals surface area (Å²) < 4.78 is 19.0. The minimum absolute atomic E-state index is 0.0712. The van der Waals surface area contributed by atoms with Crippen LogP contribution >= 0.6 is 11.6 Å². The van der Waals surface area contributed by atoms with Crippen LogP contribution in [0.15, 0.2) is 48.2 Å². The second-order valence-electron chi connectivity index (χ2n) is 5.36. The van der Waals surface area contributed by atoms with Gasteiger partial charge in [-0.3, -0.25) is 9.69 Å². The summed E-state index contributed by atoms with van der Waals surface area (Å²) in [6.45, 7) is -0.151. The molecule has 5 nitrogen and oxygen atoms in total. The Balaban J connectivity index is 1.89. The average Bonchev–Trinajstić information content (AvgIpc) is 2.84. The second kappa shape index (κ2) is 6.94. The Bertz CT molecular complexity index is 882. The van der Waals surface area contributed by atoms with Crippen molar-refractivity contribution in [3.63, 3.8) is 0 Å². The molecule has 0 bridgehead atoms. The summed E-state index contributed by atoms with van der Waals surface area (Å²) >= 11 is 5.97. The van der Waals surface area contributed by atoms with Gasteiger partial charge in [0.2, 0.25) is 0 Å². The van der Waals surface area contributed by atoms with Crippen molar-refractivity contribution >= 4 is 29.6 Å². The van der Waals surface area contributed by atoms with Gasteiger partial charge in [0, 0.05) is 16.1 Å². The fourth-order valence-corrected chi connectivity index (χ4v) is 2.67. The van der Waals surface area contributed by atoms with E-state index in [2.05, 4.69) is 5.32 Å². The Labute approximate surface area is 148 Å². The highest BCUT2D eigenvalue weighted by molar-refractivity contribution is 6.30. The number of ether oxygens (including phenoxy) is 1. The Morgan fingerprint density at radius 1 is 1.24 bits per heavy atom. The van der Waals surface area contributed by atoms with Crippen LogP contribution in [0.3, 0.4) is 0 Å². The zero-order valence-electron chi connectivity index (χ0n) is 13.3. The molecule has 0 spiro atoms. The molecule has 0 radical (unpaired) electrons. The minimum Gasteiger partial charge on any atom is -0.496 e. The van der Waals surface area contributed by atoms with Gasteiger partial charge in [-0.1, -0.05) is 29.8 Å². The largest absolute Gasteiger partial charge is 0.496 e. The van der Waals surface area contributed by atoms with Crippen molar-refractivity contribution in [3.8, 4) is 5.75 Å². The molecular weight excluding hydrogens is 347 g/mol. The number of methoxy groups -OCH3 is 1. The Morgan fingerprint density at radius 2 is 2.00 bits per heavy atom. The van der Waals surface area contributed by atoms with Gasteiger partial charge in [0.1, 0.15) is 17.3 Å². The van der Waals surface area contributed by atoms with Crippen LogP contribution in [0.2, 0.25) is 5.02 Å². The third-order valence-corrected chi connectivity index (χ3v) is 3.98. The lowest BCUT2D eigenvalue weighted by atomic mass is 10.1. The average molecular weight is 361 g/mol. The number of hydrogen-bond donors (Lipinski definition) is 1. The minimum atomic E-state index is -0.611. The van der Waals surface area contributed by atoms with Crippen LogP contribution < -0.4 is 10.1 Å². The van der Waals surface area contributed by atoms with Crippen LogP contribution in [0.1, 0.15) is 11.1 Å². The number of amides is 3. The van der Waals surface area contributed by atoms with E-state index in [4.69, 9.17) is 16.3 Å². The maximum atomic E-state index is 13.8. The molecular formula is C18H14ClFN2O3. The number of imide groups is 1. The molecule has 0 unspecified atom stereocenters. The predicted molar refractivity (Wildman–Crippen MR) is 91.5 cm³/mol. The molecule has 1 aliphatic heterocycles. The highest BCUT2D eigenvalue weighted by atomic mass is 35.5. The van der Waals surface area contributed by atoms with Crippen LogP contribution in [0.5, 0.6) is 5.75 Å². The molecule has 0 saturated carbocycles. The summed E-state index contributed by atoms with van der Waals surface area (Å²) in [6, 6.07) is 10.3. The van der Waals surface area contributed by atoms with Gasteiger partial charge in [-0.25, -0.2) is 9.18 Å². The zero-order valence-corrected chi connectivity index (χ0v) is 14.0. The molecule has 1 saturated heterocycles. The summed E-state index contributed by atoms with van der Waals surface area (Å²) in [4.78, 5) is 25.5. The molecule has 25 heavy (non-hydrogen) atoms. The Kier molecular flexibility index (Phi) is 4.72. The monoisotopic (exact) mass is 360 g/mol. The quantitative estimate of drug-likeness (QED) is 0.669. The summed E-state index contributed by atoms with van der Waals surface area (Å²) in [7, 11) is 1.49. The van der Waals surface area contributed by atoms with E-state index in [1.54, 1.807) is 30.3 Å². The first-order valence-corrected chi connectivity index (χ1v) is 7.79. The van der Waals surface area contributed by atoms with Gasteiger partial charge in [-0.15, -0.1) is 0 Å². The number of benzene rings is 2. The maximum absolute atomic E-state index is 13.8. The van der Waals surface area contributed by atoms with Gasteiger partial charge in [-0.2, -0.15) is 0 Å². The van der Waals surface area contributed by atoms with E-state index >= 15 is 0 Å². The van der Waals surface area contributed by atoms with Gasteiger partial charge in [0.05, 0.1) is 13.7 Å². The van der Waals surface area contributed by atoms with Crippen molar-refractivity contribution in [2.75, 3.05) is 7.11 Å². The van der Waals surface area contributed by atoms with Gasteiger partial charge in [0.25, 0.3) is 5.91 Å². The highest BCUT2D eigenvalue weighted by Crippen LogP contribution is 2.26. The molecule has 1 aliphatic rings. The first kappa shape index (κ1) is 17.0. The van der Waals surface area contributed by atoms with Crippen LogP contribution in [0, 0.1) is 5.82 Å². The zero-order chi connectivity index (χ0) is 18.0. The number of nitrogens with one attached hydrogen (secondary N) is 1. The molecule has 1 fully saturated rings. The molecule has 1 heterocycles. The van der Waals surface area contributed by atoms with Crippen molar-refractivity contribution in [2.45, 2.75) is 6.54 Å². The molecule has 0 atom stereocenters. The van der Waals surface area contributed by atoms with Crippen molar-refractivity contribution in [1.29, 1.82) is 0 Å². The van der Waals surface area contributed by atoms with E-state index < -0.39 is 17.8 Å². The van der Waals surface area contributed by atoms with E-state index in [-0.39, 0.29) is 17.8 Å². The maximum Gasteiger partial charge on any atom is 0.329 e. The molecule has 3 amide bonds. The highest BCUT2D eigenvalue weighted by Gasteiger charge is 2.34. The van der Waals surface area contributed by atoms with Gasteiger partial charge < -0.3 is 10.1 Å². The number of rotatable bonds is 4. The summed E-state index contributed by atoms with van der Waals surface area (Å²) in [6.07, 6.45) is 1.48. The number of carbonyl (C=O) groups excluding carboxylic acids is 2. The van der Waals surface area contributed by atoms with Crippen LogP contribution in [0.25, 0.3) is 6.08 Å². The fourth-order valence-electron chi connectivity index (χ4n) is 2.49.